The van der Waals surface area contributed by atoms with Crippen LogP contribution >= 0.6 is 0 Å². The maximum Gasteiger partial charge on any atom is 0.250 e. The Balaban J connectivity index is 1.83. The van der Waals surface area contributed by atoms with Crippen LogP contribution in [0.5, 0.6) is 0 Å². The van der Waals surface area contributed by atoms with Crippen molar-refractivity contribution >= 4 is 11.6 Å². The molecule has 2 aromatic rings. The Morgan fingerprint density at radius 1 is 1.30 bits per heavy atom. The molecule has 0 fully saturated rings. The number of methoxy groups -OCH3 is 1. The third-order valence-electron chi connectivity index (χ3n) is 2.38. The molecule has 0 unspecified atom stereocenters. The zero-order valence-corrected chi connectivity index (χ0v) is 11.0. The highest BCUT2D eigenvalue weighted by atomic mass is 16.5. The molecule has 8 heteroatoms. The van der Waals surface area contributed by atoms with Crippen molar-refractivity contribution in [1.82, 2.24) is 19.7 Å². The van der Waals surface area contributed by atoms with Gasteiger partial charge in [-0.15, -0.1) is 10.2 Å². The van der Waals surface area contributed by atoms with Gasteiger partial charge in [-0.1, -0.05) is 0 Å². The summed E-state index contributed by atoms with van der Waals surface area (Å²) in [7, 11) is 1.58. The second kappa shape index (κ2) is 7.31. The van der Waals surface area contributed by atoms with E-state index >= 15 is 0 Å². The predicted octanol–water partition coefficient (Wildman–Crippen LogP) is 0.264. The van der Waals surface area contributed by atoms with Gasteiger partial charge in [0.25, 0.3) is 0 Å². The van der Waals surface area contributed by atoms with Crippen molar-refractivity contribution < 1.29 is 14.3 Å². The fraction of sp³-hybridized carbons (Fsp3) is 0.333. The molecule has 2 rings (SSSR count). The number of carbonyl (C=O) groups excluding carboxylic acids is 1. The molecule has 0 aliphatic heterocycles. The molecule has 0 aliphatic rings. The van der Waals surface area contributed by atoms with Gasteiger partial charge in [0.1, 0.15) is 25.1 Å². The Kier molecular flexibility index (Phi) is 5.15. The van der Waals surface area contributed by atoms with E-state index in [-0.39, 0.29) is 12.5 Å². The zero-order valence-electron chi connectivity index (χ0n) is 11.0. The van der Waals surface area contributed by atoms with Gasteiger partial charge in [-0.05, 0) is 12.1 Å². The fourth-order valence-electron chi connectivity index (χ4n) is 1.44. The molecule has 0 spiro atoms. The molecule has 20 heavy (non-hydrogen) atoms. The van der Waals surface area contributed by atoms with E-state index in [1.807, 2.05) is 0 Å². The normalized spacial score (nSPS) is 10.4. The monoisotopic (exact) mass is 277 g/mol. The van der Waals surface area contributed by atoms with Crippen molar-refractivity contribution in [2.24, 2.45) is 0 Å². The average Bonchev–Trinajstić information content (AvgIpc) is 2.99. The summed E-state index contributed by atoms with van der Waals surface area (Å²) in [4.78, 5) is 15.8. The number of hydrogen-bond donors (Lipinski definition) is 1. The summed E-state index contributed by atoms with van der Waals surface area (Å²) in [6, 6.07) is 3.50. The van der Waals surface area contributed by atoms with Gasteiger partial charge in [0.05, 0.1) is 25.1 Å². The molecule has 0 aromatic carbocycles. The van der Waals surface area contributed by atoms with Crippen molar-refractivity contribution in [3.8, 4) is 5.82 Å². The van der Waals surface area contributed by atoms with E-state index in [4.69, 9.17) is 9.47 Å². The number of rotatable bonds is 7. The van der Waals surface area contributed by atoms with Crippen molar-refractivity contribution in [2.45, 2.75) is 0 Å². The highest BCUT2D eigenvalue weighted by Gasteiger charge is 2.03. The summed E-state index contributed by atoms with van der Waals surface area (Å²) in [5, 5.41) is 10.1. The molecule has 0 atom stereocenters. The standard InChI is InChI=1S/C12H15N5O3/c1-19-4-5-20-7-12(18)16-10-2-3-11(13-6-10)17-8-14-15-9-17/h2-3,6,8-9H,4-5,7H2,1H3,(H,16,18). The molecule has 0 saturated heterocycles. The zero-order chi connectivity index (χ0) is 14.2. The van der Waals surface area contributed by atoms with Crippen LogP contribution in [-0.2, 0) is 14.3 Å². The third kappa shape index (κ3) is 4.11. The number of nitrogens with zero attached hydrogens (tertiary/aromatic N) is 4. The van der Waals surface area contributed by atoms with Gasteiger partial charge in [0.2, 0.25) is 5.91 Å². The summed E-state index contributed by atoms with van der Waals surface area (Å²) < 4.78 is 11.6. The smallest absolute Gasteiger partial charge is 0.250 e. The molecule has 2 heterocycles. The van der Waals surface area contributed by atoms with Crippen LogP contribution in [0.25, 0.3) is 5.82 Å². The number of amides is 1. The van der Waals surface area contributed by atoms with Crippen LogP contribution in [0, 0.1) is 0 Å². The quantitative estimate of drug-likeness (QED) is 0.730. The van der Waals surface area contributed by atoms with Gasteiger partial charge >= 0.3 is 0 Å². The minimum atomic E-state index is -0.236. The lowest BCUT2D eigenvalue weighted by molar-refractivity contribution is -0.121. The lowest BCUT2D eigenvalue weighted by atomic mass is 10.4. The molecule has 0 bridgehead atoms. The topological polar surface area (TPSA) is 91.2 Å². The summed E-state index contributed by atoms with van der Waals surface area (Å²) >= 11 is 0. The van der Waals surface area contributed by atoms with Gasteiger partial charge in [-0.2, -0.15) is 0 Å². The van der Waals surface area contributed by atoms with Crippen LogP contribution in [-0.4, -0.2) is 52.6 Å². The third-order valence-corrected chi connectivity index (χ3v) is 2.38. The van der Waals surface area contributed by atoms with E-state index < -0.39 is 0 Å². The molecule has 2 aromatic heterocycles. The van der Waals surface area contributed by atoms with E-state index in [1.54, 1.807) is 42.7 Å². The van der Waals surface area contributed by atoms with E-state index in [0.29, 0.717) is 24.7 Å². The molecule has 106 valence electrons. The first-order chi connectivity index (χ1) is 9.79. The van der Waals surface area contributed by atoms with Crippen molar-refractivity contribution in [3.05, 3.63) is 31.0 Å². The number of anilines is 1. The number of carbonyl (C=O) groups is 1. The first kappa shape index (κ1) is 14.1. The molecule has 0 saturated carbocycles. The predicted molar refractivity (Wildman–Crippen MR) is 70.5 cm³/mol. The van der Waals surface area contributed by atoms with Crippen molar-refractivity contribution in [3.63, 3.8) is 0 Å². The molecule has 1 N–H and O–H groups in total. The van der Waals surface area contributed by atoms with E-state index in [0.717, 1.165) is 0 Å². The van der Waals surface area contributed by atoms with Crippen LogP contribution in [0.4, 0.5) is 5.69 Å². The molecule has 1 amide bonds. The van der Waals surface area contributed by atoms with E-state index in [1.165, 1.54) is 0 Å². The first-order valence-corrected chi connectivity index (χ1v) is 5.97. The Labute approximate surface area is 115 Å². The second-order valence-electron chi connectivity index (χ2n) is 3.87. The number of aromatic nitrogens is 4. The minimum absolute atomic E-state index is 0.0173. The molecule has 8 nitrogen and oxygen atoms in total. The fourth-order valence-corrected chi connectivity index (χ4v) is 1.44. The number of ether oxygens (including phenoxy) is 2. The SMILES string of the molecule is COCCOCC(=O)Nc1ccc(-n2cnnc2)nc1. The van der Waals surface area contributed by atoms with Crippen LogP contribution in [0.15, 0.2) is 31.0 Å². The second-order valence-corrected chi connectivity index (χ2v) is 3.87. The lowest BCUT2D eigenvalue weighted by Gasteiger charge is -2.06. The highest BCUT2D eigenvalue weighted by Crippen LogP contribution is 2.08. The largest absolute Gasteiger partial charge is 0.382 e. The number of hydrogen-bond acceptors (Lipinski definition) is 6. The van der Waals surface area contributed by atoms with Crippen LogP contribution in [0.2, 0.25) is 0 Å². The summed E-state index contributed by atoms with van der Waals surface area (Å²) in [5.41, 5.74) is 0.599. The average molecular weight is 277 g/mol. The van der Waals surface area contributed by atoms with Crippen LogP contribution in [0.1, 0.15) is 0 Å². The molecular formula is C12H15N5O3. The maximum absolute atomic E-state index is 11.6. The summed E-state index contributed by atoms with van der Waals surface area (Å²) in [6.07, 6.45) is 4.65. The Morgan fingerprint density at radius 3 is 2.75 bits per heavy atom. The summed E-state index contributed by atoms with van der Waals surface area (Å²) in [6.45, 7) is 0.827. The van der Waals surface area contributed by atoms with Crippen LogP contribution in [0.3, 0.4) is 0 Å². The minimum Gasteiger partial charge on any atom is -0.382 e. The van der Waals surface area contributed by atoms with Gasteiger partial charge in [-0.25, -0.2) is 4.98 Å². The van der Waals surface area contributed by atoms with Crippen molar-refractivity contribution in [1.29, 1.82) is 0 Å². The van der Waals surface area contributed by atoms with Gasteiger partial charge in [0.15, 0.2) is 0 Å². The first-order valence-electron chi connectivity index (χ1n) is 5.97. The number of nitrogens with one attached hydrogen (secondary N) is 1. The summed E-state index contributed by atoms with van der Waals surface area (Å²) in [5.74, 6) is 0.435. The molecule has 0 aliphatic carbocycles. The highest BCUT2D eigenvalue weighted by molar-refractivity contribution is 5.91. The van der Waals surface area contributed by atoms with E-state index in [2.05, 4.69) is 20.5 Å². The Bertz CT molecular complexity index is 527. The van der Waals surface area contributed by atoms with E-state index in [9.17, 15) is 4.79 Å². The van der Waals surface area contributed by atoms with Crippen molar-refractivity contribution in [2.75, 3.05) is 32.2 Å². The lowest BCUT2D eigenvalue weighted by Crippen LogP contribution is -2.19. The Hall–Kier alpha value is -2.32. The molecule has 0 radical (unpaired) electrons. The van der Waals surface area contributed by atoms with Crippen LogP contribution < -0.4 is 5.32 Å². The Morgan fingerprint density at radius 2 is 2.10 bits per heavy atom. The van der Waals surface area contributed by atoms with Gasteiger partial charge < -0.3 is 14.8 Å². The molecular weight excluding hydrogens is 262 g/mol. The van der Waals surface area contributed by atoms with Gasteiger partial charge in [0, 0.05) is 7.11 Å². The number of pyridine rings is 1. The van der Waals surface area contributed by atoms with Gasteiger partial charge in [-0.3, -0.25) is 9.36 Å². The maximum atomic E-state index is 11.6.